The number of amides is 1. The molecule has 1 amide bonds. The number of hydrogen-bond donors (Lipinski definition) is 1. The number of ether oxygens (including phenoxy) is 2. The van der Waals surface area contributed by atoms with Gasteiger partial charge in [0.1, 0.15) is 5.69 Å². The van der Waals surface area contributed by atoms with Crippen LogP contribution in [0.1, 0.15) is 38.2 Å². The summed E-state index contributed by atoms with van der Waals surface area (Å²) in [5.41, 5.74) is 1.07. The highest BCUT2D eigenvalue weighted by atomic mass is 19.3. The van der Waals surface area contributed by atoms with Crippen LogP contribution in [-0.4, -0.2) is 31.0 Å². The lowest BCUT2D eigenvalue weighted by Gasteiger charge is -2.30. The Morgan fingerprint density at radius 3 is 2.41 bits per heavy atom. The molecule has 148 valence electrons. The number of methoxy groups -OCH3 is 2. The van der Waals surface area contributed by atoms with E-state index in [0.717, 1.165) is 25.8 Å². The van der Waals surface area contributed by atoms with Crippen molar-refractivity contribution in [1.82, 2.24) is 4.98 Å². The number of carbonyl (C=O) groups excluding carboxylic acids is 1. The summed E-state index contributed by atoms with van der Waals surface area (Å²) < 4.78 is 37.4. The second kappa shape index (κ2) is 8.97. The minimum atomic E-state index is -2.62. The van der Waals surface area contributed by atoms with Gasteiger partial charge in [-0.1, -0.05) is 18.7 Å². The highest BCUT2D eigenvalue weighted by molar-refractivity contribution is 6.00. The van der Waals surface area contributed by atoms with Gasteiger partial charge in [0.2, 0.25) is 23.6 Å². The molecule has 1 aliphatic carbocycles. The van der Waals surface area contributed by atoms with Crippen LogP contribution in [0, 0.1) is 11.8 Å². The Morgan fingerprint density at radius 2 is 1.89 bits per heavy atom. The summed E-state index contributed by atoms with van der Waals surface area (Å²) in [7, 11) is 2.94. The predicted octanol–water partition coefficient (Wildman–Crippen LogP) is 4.70. The van der Waals surface area contributed by atoms with Crippen LogP contribution in [0.4, 0.5) is 14.5 Å². The number of pyridine rings is 1. The molecular formula is C20H26F2N2O3. The van der Waals surface area contributed by atoms with E-state index in [9.17, 15) is 13.6 Å². The number of halogens is 2. The fourth-order valence-electron chi connectivity index (χ4n) is 3.27. The molecule has 1 N–H and O–H groups in total. The van der Waals surface area contributed by atoms with Crippen molar-refractivity contribution in [2.24, 2.45) is 11.8 Å². The standard InChI is InChI=1S/C20H26F2N2O3/c1-5-17(25)23-16-12-14(18(26-3)24-19(16)27-4)9-6-13-7-10-15(11-8-13)20(2,21)22/h5-6,9,12-13,15H,1,7-8,10-11H2,2-4H3,(H,23,25)/b9-6+. The summed E-state index contributed by atoms with van der Waals surface area (Å²) in [4.78, 5) is 15.9. The zero-order valence-corrected chi connectivity index (χ0v) is 15.9. The largest absolute Gasteiger partial charge is 0.480 e. The summed E-state index contributed by atoms with van der Waals surface area (Å²) in [6.45, 7) is 4.42. The first-order valence-corrected chi connectivity index (χ1v) is 8.91. The van der Waals surface area contributed by atoms with Crippen molar-refractivity contribution in [3.05, 3.63) is 30.4 Å². The number of nitrogens with zero attached hydrogens (tertiary/aromatic N) is 1. The molecule has 0 radical (unpaired) electrons. The molecule has 1 aromatic heterocycles. The Hall–Kier alpha value is -2.44. The van der Waals surface area contributed by atoms with Gasteiger partial charge in [0.05, 0.1) is 14.2 Å². The molecule has 0 saturated heterocycles. The fourth-order valence-corrected chi connectivity index (χ4v) is 3.27. The average Bonchev–Trinajstić information content (AvgIpc) is 2.65. The first kappa shape index (κ1) is 20.9. The van der Waals surface area contributed by atoms with E-state index in [4.69, 9.17) is 9.47 Å². The summed E-state index contributed by atoms with van der Waals surface area (Å²) in [6, 6.07) is 1.70. The second-order valence-corrected chi connectivity index (χ2v) is 6.76. The average molecular weight is 380 g/mol. The molecule has 1 heterocycles. The molecule has 1 aliphatic rings. The van der Waals surface area contributed by atoms with Crippen molar-refractivity contribution in [3.63, 3.8) is 0 Å². The molecular weight excluding hydrogens is 354 g/mol. The zero-order chi connectivity index (χ0) is 20.0. The smallest absolute Gasteiger partial charge is 0.248 e. The van der Waals surface area contributed by atoms with Crippen LogP contribution in [0.25, 0.3) is 6.08 Å². The molecule has 0 unspecified atom stereocenters. The maximum atomic E-state index is 13.4. The maximum Gasteiger partial charge on any atom is 0.248 e. The zero-order valence-electron chi connectivity index (χ0n) is 15.9. The van der Waals surface area contributed by atoms with Crippen LogP contribution in [0.2, 0.25) is 0 Å². The van der Waals surface area contributed by atoms with Gasteiger partial charge in [-0.25, -0.2) is 8.78 Å². The Kier molecular flexibility index (Phi) is 6.93. The third-order valence-electron chi connectivity index (χ3n) is 4.85. The summed E-state index contributed by atoms with van der Waals surface area (Å²) >= 11 is 0. The Labute approximate surface area is 158 Å². The highest BCUT2D eigenvalue weighted by Crippen LogP contribution is 2.39. The highest BCUT2D eigenvalue weighted by Gasteiger charge is 2.36. The first-order valence-electron chi connectivity index (χ1n) is 8.91. The van der Waals surface area contributed by atoms with Crippen molar-refractivity contribution >= 4 is 17.7 Å². The van der Waals surface area contributed by atoms with E-state index in [1.54, 1.807) is 6.07 Å². The number of alkyl halides is 2. The maximum absolute atomic E-state index is 13.4. The second-order valence-electron chi connectivity index (χ2n) is 6.76. The fraction of sp³-hybridized carbons (Fsp3) is 0.500. The Balaban J connectivity index is 2.17. The molecule has 5 nitrogen and oxygen atoms in total. The van der Waals surface area contributed by atoms with Crippen molar-refractivity contribution in [3.8, 4) is 11.8 Å². The number of aromatic nitrogens is 1. The van der Waals surface area contributed by atoms with E-state index in [0.29, 0.717) is 30.0 Å². The van der Waals surface area contributed by atoms with E-state index in [-0.39, 0.29) is 17.7 Å². The summed E-state index contributed by atoms with van der Waals surface area (Å²) in [5, 5.41) is 2.65. The topological polar surface area (TPSA) is 60.5 Å². The van der Waals surface area contributed by atoms with E-state index >= 15 is 0 Å². The van der Waals surface area contributed by atoms with Gasteiger partial charge in [-0.2, -0.15) is 4.98 Å². The van der Waals surface area contributed by atoms with Crippen molar-refractivity contribution in [2.45, 2.75) is 38.5 Å². The first-order chi connectivity index (χ1) is 12.8. The molecule has 1 saturated carbocycles. The Morgan fingerprint density at radius 1 is 1.26 bits per heavy atom. The van der Waals surface area contributed by atoms with Crippen LogP contribution in [0.5, 0.6) is 11.8 Å². The number of carbonyl (C=O) groups is 1. The van der Waals surface area contributed by atoms with Crippen molar-refractivity contribution < 1.29 is 23.0 Å². The minimum absolute atomic E-state index is 0.224. The van der Waals surface area contributed by atoms with Crippen LogP contribution in [0.15, 0.2) is 24.8 Å². The predicted molar refractivity (Wildman–Crippen MR) is 101 cm³/mol. The Bertz CT molecular complexity index is 706. The molecule has 0 bridgehead atoms. The lowest BCUT2D eigenvalue weighted by Crippen LogP contribution is -2.28. The van der Waals surface area contributed by atoms with Gasteiger partial charge in [-0.3, -0.25) is 4.79 Å². The molecule has 27 heavy (non-hydrogen) atoms. The molecule has 2 rings (SSSR count). The van der Waals surface area contributed by atoms with Crippen molar-refractivity contribution in [2.75, 3.05) is 19.5 Å². The normalized spacial score (nSPS) is 20.3. The van der Waals surface area contributed by atoms with E-state index in [2.05, 4.69) is 16.9 Å². The van der Waals surface area contributed by atoms with Gasteiger partial charge in [-0.15, -0.1) is 0 Å². The van der Waals surface area contributed by atoms with Gasteiger partial charge >= 0.3 is 0 Å². The van der Waals surface area contributed by atoms with E-state index < -0.39 is 11.8 Å². The van der Waals surface area contributed by atoms with Crippen LogP contribution in [0.3, 0.4) is 0 Å². The monoisotopic (exact) mass is 380 g/mol. The summed E-state index contributed by atoms with van der Waals surface area (Å²) in [5.74, 6) is -2.73. The van der Waals surface area contributed by atoms with Gasteiger partial charge in [0.15, 0.2) is 0 Å². The number of hydrogen-bond acceptors (Lipinski definition) is 4. The molecule has 0 aliphatic heterocycles. The molecule has 0 atom stereocenters. The van der Waals surface area contributed by atoms with E-state index in [1.807, 2.05) is 12.2 Å². The van der Waals surface area contributed by atoms with Crippen LogP contribution < -0.4 is 14.8 Å². The molecule has 1 fully saturated rings. The minimum Gasteiger partial charge on any atom is -0.480 e. The molecule has 1 aromatic rings. The lowest BCUT2D eigenvalue weighted by atomic mass is 9.79. The molecule has 0 spiro atoms. The summed E-state index contributed by atoms with van der Waals surface area (Å²) in [6.07, 6.45) is 7.46. The van der Waals surface area contributed by atoms with Gasteiger partial charge in [0.25, 0.3) is 0 Å². The number of rotatable bonds is 7. The lowest BCUT2D eigenvalue weighted by molar-refractivity contribution is -0.111. The SMILES string of the molecule is C=CC(=O)Nc1cc(/C=C/C2CCC(C(C)(F)F)CC2)c(OC)nc1OC. The van der Waals surface area contributed by atoms with Gasteiger partial charge < -0.3 is 14.8 Å². The number of allylic oxidation sites excluding steroid dienone is 1. The van der Waals surface area contributed by atoms with E-state index in [1.165, 1.54) is 14.2 Å². The van der Waals surface area contributed by atoms with Crippen LogP contribution >= 0.6 is 0 Å². The molecule has 0 aromatic carbocycles. The van der Waals surface area contributed by atoms with Crippen molar-refractivity contribution in [1.29, 1.82) is 0 Å². The quantitative estimate of drug-likeness (QED) is 0.697. The number of nitrogens with one attached hydrogen (secondary N) is 1. The third kappa shape index (κ3) is 5.52. The number of anilines is 1. The van der Waals surface area contributed by atoms with Gasteiger partial charge in [0, 0.05) is 11.5 Å². The van der Waals surface area contributed by atoms with Crippen LogP contribution in [-0.2, 0) is 4.79 Å². The third-order valence-corrected chi connectivity index (χ3v) is 4.85. The molecule has 7 heteroatoms. The van der Waals surface area contributed by atoms with Gasteiger partial charge in [-0.05, 0) is 50.7 Å².